The molecule has 0 atom stereocenters. The van der Waals surface area contributed by atoms with Crippen LogP contribution >= 0.6 is 0 Å². The maximum atomic E-state index is 12.5. The lowest BCUT2D eigenvalue weighted by atomic mass is 10.1. The lowest BCUT2D eigenvalue weighted by Gasteiger charge is -2.09. The van der Waals surface area contributed by atoms with Crippen LogP contribution in [-0.2, 0) is 4.79 Å². The standard InChI is InChI=1S/C27H21N3O5/c31-26(16-28-23-10-4-7-19-6-1-2-9-22(19)23)30-29-15-18-5-3-8-21(13-18)35-27(32)20-11-12-24-25(14-20)34-17-33-24/h1-15,28H,16-17H2,(H,30,31)/b29-15+. The fourth-order valence-corrected chi connectivity index (χ4v) is 3.62. The van der Waals surface area contributed by atoms with Crippen molar-refractivity contribution in [1.82, 2.24) is 5.43 Å². The highest BCUT2D eigenvalue weighted by Gasteiger charge is 2.17. The molecular formula is C27H21N3O5. The Kier molecular flexibility index (Phi) is 6.25. The van der Waals surface area contributed by atoms with Crippen LogP contribution in [0.4, 0.5) is 5.69 Å². The molecule has 0 radical (unpaired) electrons. The van der Waals surface area contributed by atoms with E-state index in [0.717, 1.165) is 16.5 Å². The number of amides is 1. The summed E-state index contributed by atoms with van der Waals surface area (Å²) in [6.45, 7) is 0.198. The lowest BCUT2D eigenvalue weighted by molar-refractivity contribution is -0.119. The molecule has 0 saturated heterocycles. The van der Waals surface area contributed by atoms with E-state index >= 15 is 0 Å². The van der Waals surface area contributed by atoms with Gasteiger partial charge in [0.15, 0.2) is 11.5 Å². The summed E-state index contributed by atoms with van der Waals surface area (Å²) in [5, 5.41) is 9.27. The first-order chi connectivity index (χ1) is 17.2. The van der Waals surface area contributed by atoms with Crippen LogP contribution in [0.5, 0.6) is 17.2 Å². The summed E-state index contributed by atoms with van der Waals surface area (Å²) < 4.78 is 16.0. The molecule has 0 unspecified atom stereocenters. The molecule has 4 aromatic rings. The SMILES string of the molecule is O=C(CNc1cccc2ccccc12)N/N=C/c1cccc(OC(=O)c2ccc3c(c2)OCO3)c1. The van der Waals surface area contributed by atoms with Crippen LogP contribution in [0.15, 0.2) is 90.0 Å². The number of benzene rings is 4. The van der Waals surface area contributed by atoms with Crippen molar-refractivity contribution in [1.29, 1.82) is 0 Å². The molecule has 1 aliphatic heterocycles. The molecule has 35 heavy (non-hydrogen) atoms. The van der Waals surface area contributed by atoms with Crippen molar-refractivity contribution in [3.63, 3.8) is 0 Å². The minimum atomic E-state index is -0.523. The zero-order valence-corrected chi connectivity index (χ0v) is 18.6. The Labute approximate surface area is 201 Å². The summed E-state index contributed by atoms with van der Waals surface area (Å²) in [4.78, 5) is 24.7. The van der Waals surface area contributed by atoms with Gasteiger partial charge in [0.1, 0.15) is 5.75 Å². The number of ether oxygens (including phenoxy) is 3. The van der Waals surface area contributed by atoms with Crippen molar-refractivity contribution < 1.29 is 23.8 Å². The van der Waals surface area contributed by atoms with Crippen LogP contribution in [0.1, 0.15) is 15.9 Å². The van der Waals surface area contributed by atoms with Gasteiger partial charge in [-0.3, -0.25) is 4.79 Å². The molecule has 1 heterocycles. The summed E-state index contributed by atoms with van der Waals surface area (Å²) in [7, 11) is 0. The Bertz CT molecular complexity index is 1430. The van der Waals surface area contributed by atoms with Crippen molar-refractivity contribution >= 4 is 34.6 Å². The Hall–Kier alpha value is -4.85. The molecule has 0 spiro atoms. The van der Waals surface area contributed by atoms with Gasteiger partial charge >= 0.3 is 5.97 Å². The van der Waals surface area contributed by atoms with Gasteiger partial charge in [-0.05, 0) is 47.3 Å². The average molecular weight is 467 g/mol. The van der Waals surface area contributed by atoms with Crippen molar-refractivity contribution in [2.75, 3.05) is 18.7 Å². The zero-order valence-electron chi connectivity index (χ0n) is 18.6. The van der Waals surface area contributed by atoms with E-state index in [0.29, 0.717) is 28.4 Å². The lowest BCUT2D eigenvalue weighted by Crippen LogP contribution is -2.25. The predicted molar refractivity (Wildman–Crippen MR) is 132 cm³/mol. The summed E-state index contributed by atoms with van der Waals surface area (Å²) in [6.07, 6.45) is 1.48. The van der Waals surface area contributed by atoms with Gasteiger partial charge in [-0.2, -0.15) is 5.10 Å². The fraction of sp³-hybridized carbons (Fsp3) is 0.0741. The number of anilines is 1. The number of esters is 1. The van der Waals surface area contributed by atoms with Crippen LogP contribution in [0.2, 0.25) is 0 Å². The number of carbonyl (C=O) groups excluding carboxylic acids is 2. The molecule has 174 valence electrons. The number of nitrogens with one attached hydrogen (secondary N) is 2. The van der Waals surface area contributed by atoms with E-state index in [9.17, 15) is 9.59 Å². The summed E-state index contributed by atoms with van der Waals surface area (Å²) in [5.74, 6) is 0.630. The quantitative estimate of drug-likeness (QED) is 0.182. The highest BCUT2D eigenvalue weighted by molar-refractivity contribution is 5.95. The van der Waals surface area contributed by atoms with Gasteiger partial charge in [0, 0.05) is 11.1 Å². The van der Waals surface area contributed by atoms with Gasteiger partial charge in [-0.15, -0.1) is 0 Å². The number of nitrogens with zero attached hydrogens (tertiary/aromatic N) is 1. The maximum Gasteiger partial charge on any atom is 0.343 e. The third-order valence-corrected chi connectivity index (χ3v) is 5.31. The van der Waals surface area contributed by atoms with Crippen LogP contribution in [0.25, 0.3) is 10.8 Å². The first kappa shape index (κ1) is 22.0. The molecule has 0 saturated carbocycles. The van der Waals surface area contributed by atoms with E-state index in [-0.39, 0.29) is 19.2 Å². The number of hydrogen-bond donors (Lipinski definition) is 2. The van der Waals surface area contributed by atoms with Crippen molar-refractivity contribution in [3.05, 3.63) is 96.1 Å². The third kappa shape index (κ3) is 5.22. The molecular weight excluding hydrogens is 446 g/mol. The summed E-state index contributed by atoms with van der Waals surface area (Å²) in [6, 6.07) is 25.5. The Morgan fingerprint density at radius 3 is 2.69 bits per heavy atom. The molecule has 8 nitrogen and oxygen atoms in total. The van der Waals surface area contributed by atoms with Crippen molar-refractivity contribution in [3.8, 4) is 17.2 Å². The monoisotopic (exact) mass is 467 g/mol. The first-order valence-corrected chi connectivity index (χ1v) is 10.9. The van der Waals surface area contributed by atoms with E-state index in [1.165, 1.54) is 6.21 Å². The molecule has 8 heteroatoms. The van der Waals surface area contributed by atoms with E-state index < -0.39 is 5.97 Å². The van der Waals surface area contributed by atoms with Crippen LogP contribution in [0, 0.1) is 0 Å². The second-order valence-electron chi connectivity index (χ2n) is 7.70. The van der Waals surface area contributed by atoms with Crippen LogP contribution < -0.4 is 25.0 Å². The number of carbonyl (C=O) groups is 2. The number of fused-ring (bicyclic) bond motifs is 2. The minimum absolute atomic E-state index is 0.0680. The largest absolute Gasteiger partial charge is 0.454 e. The maximum absolute atomic E-state index is 12.5. The molecule has 5 rings (SSSR count). The van der Waals surface area contributed by atoms with Gasteiger partial charge in [0.2, 0.25) is 6.79 Å². The molecule has 0 bridgehead atoms. The number of hydrazone groups is 1. The van der Waals surface area contributed by atoms with Gasteiger partial charge in [0.05, 0.1) is 18.3 Å². The second-order valence-corrected chi connectivity index (χ2v) is 7.70. The number of hydrogen-bond acceptors (Lipinski definition) is 7. The van der Waals surface area contributed by atoms with E-state index in [2.05, 4.69) is 15.8 Å². The van der Waals surface area contributed by atoms with E-state index in [1.54, 1.807) is 42.5 Å². The zero-order chi connectivity index (χ0) is 24.0. The Morgan fingerprint density at radius 2 is 1.74 bits per heavy atom. The van der Waals surface area contributed by atoms with Gasteiger partial charge in [-0.1, -0.05) is 48.5 Å². The van der Waals surface area contributed by atoms with Crippen molar-refractivity contribution in [2.45, 2.75) is 0 Å². The highest BCUT2D eigenvalue weighted by Crippen LogP contribution is 2.32. The third-order valence-electron chi connectivity index (χ3n) is 5.31. The molecule has 0 aromatic heterocycles. The topological polar surface area (TPSA) is 98.2 Å². The molecule has 4 aromatic carbocycles. The number of rotatable bonds is 7. The average Bonchev–Trinajstić information content (AvgIpc) is 3.36. The van der Waals surface area contributed by atoms with Crippen LogP contribution in [0.3, 0.4) is 0 Å². The van der Waals surface area contributed by atoms with Crippen LogP contribution in [-0.4, -0.2) is 31.4 Å². The minimum Gasteiger partial charge on any atom is -0.454 e. The van der Waals surface area contributed by atoms with Gasteiger partial charge < -0.3 is 19.5 Å². The molecule has 0 fully saturated rings. The van der Waals surface area contributed by atoms with E-state index in [4.69, 9.17) is 14.2 Å². The Morgan fingerprint density at radius 1 is 0.914 bits per heavy atom. The molecule has 1 amide bonds. The molecule has 2 N–H and O–H groups in total. The Balaban J connectivity index is 1.15. The highest BCUT2D eigenvalue weighted by atomic mass is 16.7. The fourth-order valence-electron chi connectivity index (χ4n) is 3.62. The first-order valence-electron chi connectivity index (χ1n) is 10.9. The summed E-state index contributed by atoms with van der Waals surface area (Å²) >= 11 is 0. The predicted octanol–water partition coefficient (Wildman–Crippen LogP) is 4.35. The normalized spacial score (nSPS) is 12.0. The second kappa shape index (κ2) is 9.96. The summed E-state index contributed by atoms with van der Waals surface area (Å²) in [5.41, 5.74) is 4.37. The van der Waals surface area contributed by atoms with Gasteiger partial charge in [0.25, 0.3) is 5.91 Å². The smallest absolute Gasteiger partial charge is 0.343 e. The van der Waals surface area contributed by atoms with Crippen molar-refractivity contribution in [2.24, 2.45) is 5.10 Å². The van der Waals surface area contributed by atoms with E-state index in [1.807, 2.05) is 42.5 Å². The molecule has 1 aliphatic rings. The van der Waals surface area contributed by atoms with Gasteiger partial charge in [-0.25, -0.2) is 10.2 Å². The molecule has 0 aliphatic carbocycles.